The molecule has 0 radical (unpaired) electrons. The number of aromatic amines is 1. The Bertz CT molecular complexity index is 1010. The number of carbonyl (C=O) groups excluding carboxylic acids is 2. The third kappa shape index (κ3) is 3.52. The molecule has 3 aromatic rings. The molecular formula is C23H24N2O3. The number of ether oxygens (including phenoxy) is 1. The average molecular weight is 376 g/mol. The molecule has 0 saturated heterocycles. The number of hydrogen-bond donors (Lipinski definition) is 2. The Morgan fingerprint density at radius 1 is 1.18 bits per heavy atom. The van der Waals surface area contributed by atoms with E-state index in [2.05, 4.69) is 16.4 Å². The summed E-state index contributed by atoms with van der Waals surface area (Å²) in [7, 11) is 1.35. The SMILES string of the molecule is COC(=O)[C@H](Cc1c[nH]c2ccccc12)NC(=O)C1CCCc2ccccc21. The van der Waals surface area contributed by atoms with Gasteiger partial charge in [0, 0.05) is 23.5 Å². The van der Waals surface area contributed by atoms with E-state index in [4.69, 9.17) is 4.74 Å². The van der Waals surface area contributed by atoms with Crippen LogP contribution in [0.3, 0.4) is 0 Å². The van der Waals surface area contributed by atoms with Crippen molar-refractivity contribution in [1.29, 1.82) is 0 Å². The molecule has 1 aliphatic carbocycles. The number of aryl methyl sites for hydroxylation is 1. The van der Waals surface area contributed by atoms with E-state index < -0.39 is 12.0 Å². The van der Waals surface area contributed by atoms with Crippen molar-refractivity contribution in [3.63, 3.8) is 0 Å². The zero-order chi connectivity index (χ0) is 19.5. The molecule has 2 aromatic carbocycles. The molecule has 5 heteroatoms. The van der Waals surface area contributed by atoms with E-state index in [1.807, 2.05) is 48.7 Å². The van der Waals surface area contributed by atoms with Gasteiger partial charge in [-0.3, -0.25) is 4.79 Å². The summed E-state index contributed by atoms with van der Waals surface area (Å²) in [5, 5.41) is 4.00. The van der Waals surface area contributed by atoms with Crippen LogP contribution in [0.2, 0.25) is 0 Å². The number of rotatable bonds is 5. The third-order valence-corrected chi connectivity index (χ3v) is 5.59. The first-order valence-corrected chi connectivity index (χ1v) is 9.68. The van der Waals surface area contributed by atoms with Crippen LogP contribution in [0.4, 0.5) is 0 Å². The molecule has 1 heterocycles. The van der Waals surface area contributed by atoms with Gasteiger partial charge in [-0.15, -0.1) is 0 Å². The Balaban J connectivity index is 1.56. The summed E-state index contributed by atoms with van der Waals surface area (Å²) in [6.45, 7) is 0. The molecule has 28 heavy (non-hydrogen) atoms. The normalized spacial score (nSPS) is 17.0. The molecule has 5 nitrogen and oxygen atoms in total. The van der Waals surface area contributed by atoms with Crippen LogP contribution in [0.1, 0.15) is 35.4 Å². The van der Waals surface area contributed by atoms with Gasteiger partial charge in [-0.1, -0.05) is 42.5 Å². The Labute approximate surface area is 164 Å². The second-order valence-corrected chi connectivity index (χ2v) is 7.29. The van der Waals surface area contributed by atoms with Gasteiger partial charge >= 0.3 is 5.97 Å². The minimum Gasteiger partial charge on any atom is -0.467 e. The maximum absolute atomic E-state index is 13.1. The van der Waals surface area contributed by atoms with Gasteiger partial charge in [-0.2, -0.15) is 0 Å². The van der Waals surface area contributed by atoms with Gasteiger partial charge in [-0.25, -0.2) is 4.79 Å². The number of para-hydroxylation sites is 1. The molecule has 0 bridgehead atoms. The number of nitrogens with one attached hydrogen (secondary N) is 2. The number of esters is 1. The number of H-pyrrole nitrogens is 1. The lowest BCUT2D eigenvalue weighted by atomic mass is 9.82. The minimum atomic E-state index is -0.717. The fourth-order valence-electron chi connectivity index (χ4n) is 4.15. The molecule has 1 amide bonds. The summed E-state index contributed by atoms with van der Waals surface area (Å²) in [6, 6.07) is 15.3. The van der Waals surface area contributed by atoms with Crippen LogP contribution >= 0.6 is 0 Å². The van der Waals surface area contributed by atoms with Crippen LogP contribution < -0.4 is 5.32 Å². The van der Waals surface area contributed by atoms with E-state index in [1.165, 1.54) is 12.7 Å². The van der Waals surface area contributed by atoms with Gasteiger partial charge in [0.05, 0.1) is 13.0 Å². The number of benzene rings is 2. The molecule has 0 saturated carbocycles. The van der Waals surface area contributed by atoms with Gasteiger partial charge in [0.2, 0.25) is 5.91 Å². The lowest BCUT2D eigenvalue weighted by Gasteiger charge is -2.26. The fraction of sp³-hybridized carbons (Fsp3) is 0.304. The number of carbonyl (C=O) groups is 2. The Kier molecular flexibility index (Phi) is 5.15. The molecule has 1 aliphatic rings. The predicted molar refractivity (Wildman–Crippen MR) is 108 cm³/mol. The maximum Gasteiger partial charge on any atom is 0.328 e. The first-order valence-electron chi connectivity index (χ1n) is 9.68. The molecule has 2 N–H and O–H groups in total. The summed E-state index contributed by atoms with van der Waals surface area (Å²) >= 11 is 0. The van der Waals surface area contributed by atoms with Crippen LogP contribution in [0.15, 0.2) is 54.7 Å². The number of fused-ring (bicyclic) bond motifs is 2. The zero-order valence-electron chi connectivity index (χ0n) is 15.9. The molecule has 2 atom stereocenters. The maximum atomic E-state index is 13.1. The molecule has 0 aliphatic heterocycles. The van der Waals surface area contributed by atoms with E-state index in [9.17, 15) is 9.59 Å². The molecule has 4 rings (SSSR count). The lowest BCUT2D eigenvalue weighted by molar-refractivity contribution is -0.145. The van der Waals surface area contributed by atoms with Gasteiger partial charge in [0.15, 0.2) is 0 Å². The van der Waals surface area contributed by atoms with E-state index in [-0.39, 0.29) is 11.8 Å². The first kappa shape index (κ1) is 18.3. The van der Waals surface area contributed by atoms with Crippen molar-refractivity contribution in [1.82, 2.24) is 10.3 Å². The lowest BCUT2D eigenvalue weighted by Crippen LogP contribution is -2.45. The number of methoxy groups -OCH3 is 1. The Hall–Kier alpha value is -3.08. The highest BCUT2D eigenvalue weighted by molar-refractivity contribution is 5.90. The topological polar surface area (TPSA) is 71.2 Å². The molecule has 144 valence electrons. The molecular weight excluding hydrogens is 352 g/mol. The van der Waals surface area contributed by atoms with E-state index in [0.29, 0.717) is 6.42 Å². The van der Waals surface area contributed by atoms with Crippen molar-refractivity contribution in [2.45, 2.75) is 37.6 Å². The van der Waals surface area contributed by atoms with Crippen LogP contribution in [0, 0.1) is 0 Å². The average Bonchev–Trinajstić information content (AvgIpc) is 3.15. The summed E-state index contributed by atoms with van der Waals surface area (Å²) in [6.07, 6.45) is 5.04. The van der Waals surface area contributed by atoms with E-state index in [0.717, 1.165) is 41.3 Å². The zero-order valence-corrected chi connectivity index (χ0v) is 15.9. The van der Waals surface area contributed by atoms with E-state index >= 15 is 0 Å². The van der Waals surface area contributed by atoms with Crippen molar-refractivity contribution >= 4 is 22.8 Å². The monoisotopic (exact) mass is 376 g/mol. The fourth-order valence-corrected chi connectivity index (χ4v) is 4.15. The highest BCUT2D eigenvalue weighted by Crippen LogP contribution is 2.31. The summed E-state index contributed by atoms with van der Waals surface area (Å²) in [5.41, 5.74) is 4.28. The quantitative estimate of drug-likeness (QED) is 0.670. The van der Waals surface area contributed by atoms with Crippen LogP contribution in [0.25, 0.3) is 10.9 Å². The summed E-state index contributed by atoms with van der Waals surface area (Å²) < 4.78 is 4.97. The highest BCUT2D eigenvalue weighted by atomic mass is 16.5. The first-order chi connectivity index (χ1) is 13.7. The van der Waals surface area contributed by atoms with Crippen LogP contribution in [0.5, 0.6) is 0 Å². The largest absolute Gasteiger partial charge is 0.467 e. The second kappa shape index (κ2) is 7.89. The summed E-state index contributed by atoms with van der Waals surface area (Å²) in [4.78, 5) is 28.7. The van der Waals surface area contributed by atoms with Gasteiger partial charge in [0.25, 0.3) is 0 Å². The standard InChI is InChI=1S/C23H24N2O3/c1-28-23(27)21(13-16-14-24-20-12-5-4-10-18(16)20)25-22(26)19-11-6-8-15-7-2-3-9-17(15)19/h2-5,7,9-10,12,14,19,21,24H,6,8,11,13H2,1H3,(H,25,26)/t19?,21-/m0/s1. The Morgan fingerprint density at radius 3 is 2.82 bits per heavy atom. The Morgan fingerprint density at radius 2 is 1.96 bits per heavy atom. The molecule has 0 fully saturated rings. The van der Waals surface area contributed by atoms with Crippen molar-refractivity contribution in [3.05, 3.63) is 71.4 Å². The van der Waals surface area contributed by atoms with Crippen LogP contribution in [-0.4, -0.2) is 30.0 Å². The number of hydrogen-bond acceptors (Lipinski definition) is 3. The highest BCUT2D eigenvalue weighted by Gasteiger charge is 2.30. The van der Waals surface area contributed by atoms with Gasteiger partial charge in [-0.05, 0) is 42.0 Å². The van der Waals surface area contributed by atoms with Gasteiger partial charge < -0.3 is 15.0 Å². The molecule has 1 unspecified atom stereocenters. The van der Waals surface area contributed by atoms with Gasteiger partial charge in [0.1, 0.15) is 6.04 Å². The van der Waals surface area contributed by atoms with Crippen molar-refractivity contribution in [3.8, 4) is 0 Å². The van der Waals surface area contributed by atoms with Crippen molar-refractivity contribution in [2.24, 2.45) is 0 Å². The van der Waals surface area contributed by atoms with Crippen molar-refractivity contribution < 1.29 is 14.3 Å². The smallest absolute Gasteiger partial charge is 0.328 e. The molecule has 1 aromatic heterocycles. The predicted octanol–water partition coefficient (Wildman–Crippen LogP) is 3.49. The molecule has 0 spiro atoms. The van der Waals surface area contributed by atoms with Crippen molar-refractivity contribution in [2.75, 3.05) is 7.11 Å². The van der Waals surface area contributed by atoms with Crippen LogP contribution in [-0.2, 0) is 27.2 Å². The third-order valence-electron chi connectivity index (χ3n) is 5.59. The summed E-state index contributed by atoms with van der Waals surface area (Å²) in [5.74, 6) is -0.759. The number of amides is 1. The second-order valence-electron chi connectivity index (χ2n) is 7.29. The minimum absolute atomic E-state index is 0.109. The van der Waals surface area contributed by atoms with E-state index in [1.54, 1.807) is 0 Å². The number of aromatic nitrogens is 1.